The van der Waals surface area contributed by atoms with E-state index in [1.807, 2.05) is 0 Å². The first kappa shape index (κ1) is 22.3. The van der Waals surface area contributed by atoms with Crippen molar-refractivity contribution in [2.75, 3.05) is 19.0 Å². The lowest BCUT2D eigenvalue weighted by Crippen LogP contribution is -2.45. The standard InChI is InChI=1S/C21H19ClFN3O5S/c1-31-20(30)14-6-3-7-26(14)19(29)10-8-13-17(15(27)9-10)32-21(24-13)25-18(28)16-11(22)4-2-5-12(16)23/h2,4-5,10,14H,3,6-9H2,1H3,(H,24,25,28)/t10-,14+/m1/s1. The maximum atomic E-state index is 14.0. The van der Waals surface area contributed by atoms with Crippen molar-refractivity contribution in [1.82, 2.24) is 9.88 Å². The minimum Gasteiger partial charge on any atom is -0.467 e. The molecule has 32 heavy (non-hydrogen) atoms. The second-order valence-corrected chi connectivity index (χ2v) is 8.99. The van der Waals surface area contributed by atoms with Gasteiger partial charge in [-0.25, -0.2) is 14.2 Å². The first-order chi connectivity index (χ1) is 15.3. The number of Topliss-reactive ketones (excluding diaryl/α,β-unsaturated/α-hetero) is 1. The molecule has 2 aromatic rings. The van der Waals surface area contributed by atoms with Crippen molar-refractivity contribution in [3.8, 4) is 0 Å². The molecule has 168 valence electrons. The quantitative estimate of drug-likeness (QED) is 0.675. The Hall–Kier alpha value is -2.85. The van der Waals surface area contributed by atoms with Crippen molar-refractivity contribution in [2.24, 2.45) is 5.92 Å². The van der Waals surface area contributed by atoms with Crippen molar-refractivity contribution >= 4 is 51.6 Å². The molecule has 1 aliphatic carbocycles. The Kier molecular flexibility index (Phi) is 6.25. The molecule has 0 spiro atoms. The topological polar surface area (TPSA) is 106 Å². The summed E-state index contributed by atoms with van der Waals surface area (Å²) in [6.07, 6.45) is 1.40. The van der Waals surface area contributed by atoms with E-state index in [0.29, 0.717) is 30.0 Å². The monoisotopic (exact) mass is 479 g/mol. The molecule has 2 atom stereocenters. The Labute approximate surface area is 191 Å². The van der Waals surface area contributed by atoms with Crippen LogP contribution in [0.25, 0.3) is 0 Å². The van der Waals surface area contributed by atoms with Crippen LogP contribution in [-0.2, 0) is 20.7 Å². The lowest BCUT2D eigenvalue weighted by molar-refractivity contribution is -0.152. The molecule has 1 fully saturated rings. The second-order valence-electron chi connectivity index (χ2n) is 7.59. The van der Waals surface area contributed by atoms with Crippen molar-refractivity contribution in [3.63, 3.8) is 0 Å². The summed E-state index contributed by atoms with van der Waals surface area (Å²) < 4.78 is 18.8. The van der Waals surface area contributed by atoms with Gasteiger partial charge in [0.15, 0.2) is 10.9 Å². The molecule has 2 aliphatic rings. The second kappa shape index (κ2) is 8.95. The van der Waals surface area contributed by atoms with Crippen LogP contribution in [0.5, 0.6) is 0 Å². The molecule has 0 saturated carbocycles. The predicted molar refractivity (Wildman–Crippen MR) is 114 cm³/mol. The number of rotatable bonds is 4. The number of fused-ring (bicyclic) bond motifs is 1. The van der Waals surface area contributed by atoms with Gasteiger partial charge in [0.05, 0.1) is 34.2 Å². The maximum Gasteiger partial charge on any atom is 0.328 e. The number of amides is 2. The minimum atomic E-state index is -0.780. The van der Waals surface area contributed by atoms with Crippen LogP contribution >= 0.6 is 22.9 Å². The van der Waals surface area contributed by atoms with E-state index in [1.54, 1.807) is 0 Å². The molecular formula is C21H19ClFN3O5S. The van der Waals surface area contributed by atoms with Crippen LogP contribution < -0.4 is 5.32 Å². The molecule has 0 unspecified atom stereocenters. The zero-order valence-electron chi connectivity index (χ0n) is 17.0. The van der Waals surface area contributed by atoms with Crippen molar-refractivity contribution in [1.29, 1.82) is 0 Å². The van der Waals surface area contributed by atoms with Crippen LogP contribution in [0.1, 0.15) is 45.0 Å². The van der Waals surface area contributed by atoms with E-state index in [4.69, 9.17) is 16.3 Å². The molecule has 11 heteroatoms. The summed E-state index contributed by atoms with van der Waals surface area (Å²) in [5.41, 5.74) is 0.0814. The number of ketones is 1. The molecule has 1 aromatic carbocycles. The lowest BCUT2D eigenvalue weighted by Gasteiger charge is -2.28. The zero-order chi connectivity index (χ0) is 23.0. The number of hydrogen-bond acceptors (Lipinski definition) is 7. The van der Waals surface area contributed by atoms with Gasteiger partial charge in [0.1, 0.15) is 11.9 Å². The highest BCUT2D eigenvalue weighted by Crippen LogP contribution is 2.34. The van der Waals surface area contributed by atoms with Gasteiger partial charge in [-0.15, -0.1) is 0 Å². The number of nitrogens with zero attached hydrogens (tertiary/aromatic N) is 2. The Bertz CT molecular complexity index is 1100. The summed E-state index contributed by atoms with van der Waals surface area (Å²) in [6, 6.07) is 3.26. The lowest BCUT2D eigenvalue weighted by atomic mass is 9.88. The number of thiazole rings is 1. The molecule has 0 bridgehead atoms. The van der Waals surface area contributed by atoms with Crippen LogP contribution in [0.4, 0.5) is 9.52 Å². The fourth-order valence-corrected chi connectivity index (χ4v) is 5.26. The molecule has 1 saturated heterocycles. The number of methoxy groups -OCH3 is 1. The minimum absolute atomic E-state index is 0.00898. The third-order valence-electron chi connectivity index (χ3n) is 5.59. The number of benzene rings is 1. The Morgan fingerprint density at radius 2 is 2.09 bits per heavy atom. The summed E-state index contributed by atoms with van der Waals surface area (Å²) >= 11 is 6.90. The molecule has 0 radical (unpaired) electrons. The van der Waals surface area contributed by atoms with Gasteiger partial charge >= 0.3 is 5.97 Å². The van der Waals surface area contributed by atoms with E-state index in [1.165, 1.54) is 24.1 Å². The highest BCUT2D eigenvalue weighted by molar-refractivity contribution is 7.17. The van der Waals surface area contributed by atoms with E-state index >= 15 is 0 Å². The van der Waals surface area contributed by atoms with Gasteiger partial charge in [0.2, 0.25) is 5.91 Å². The molecule has 1 aromatic heterocycles. The number of carbonyl (C=O) groups excluding carboxylic acids is 4. The highest BCUT2D eigenvalue weighted by Gasteiger charge is 2.41. The van der Waals surface area contributed by atoms with Crippen molar-refractivity contribution < 1.29 is 28.3 Å². The maximum absolute atomic E-state index is 14.0. The number of hydrogen-bond donors (Lipinski definition) is 1. The van der Waals surface area contributed by atoms with Crippen LogP contribution in [0, 0.1) is 11.7 Å². The number of likely N-dealkylation sites (tertiary alicyclic amines) is 1. The summed E-state index contributed by atoms with van der Waals surface area (Å²) in [6.45, 7) is 0.428. The third-order valence-corrected chi connectivity index (χ3v) is 6.96. The largest absolute Gasteiger partial charge is 0.467 e. The molecule has 4 rings (SSSR count). The average molecular weight is 480 g/mol. The number of esters is 1. The van der Waals surface area contributed by atoms with Gasteiger partial charge in [-0.3, -0.25) is 19.7 Å². The number of anilines is 1. The molecule has 2 amide bonds. The Morgan fingerprint density at radius 3 is 2.81 bits per heavy atom. The van der Waals surface area contributed by atoms with Crippen molar-refractivity contribution in [3.05, 3.63) is 45.2 Å². The van der Waals surface area contributed by atoms with Crippen LogP contribution in [-0.4, -0.2) is 53.1 Å². The summed E-state index contributed by atoms with van der Waals surface area (Å²) in [5.74, 6) is -3.22. The van der Waals surface area contributed by atoms with E-state index in [9.17, 15) is 23.6 Å². The van der Waals surface area contributed by atoms with Gasteiger partial charge in [-0.05, 0) is 25.0 Å². The zero-order valence-corrected chi connectivity index (χ0v) is 18.6. The smallest absolute Gasteiger partial charge is 0.328 e. The van der Waals surface area contributed by atoms with E-state index in [2.05, 4.69) is 10.3 Å². The first-order valence-electron chi connectivity index (χ1n) is 9.96. The Balaban J connectivity index is 1.51. The molecule has 1 N–H and O–H groups in total. The summed E-state index contributed by atoms with van der Waals surface area (Å²) in [4.78, 5) is 56.3. The number of aromatic nitrogens is 1. The normalized spacial score (nSPS) is 20.1. The number of halogens is 2. The van der Waals surface area contributed by atoms with Gasteiger partial charge in [-0.2, -0.15) is 0 Å². The van der Waals surface area contributed by atoms with Gasteiger partial charge in [-0.1, -0.05) is 29.0 Å². The third kappa shape index (κ3) is 4.12. The number of carbonyl (C=O) groups is 4. The Morgan fingerprint density at radius 1 is 1.31 bits per heavy atom. The highest BCUT2D eigenvalue weighted by atomic mass is 35.5. The summed E-state index contributed by atoms with van der Waals surface area (Å²) in [5, 5.41) is 2.56. The molecule has 2 heterocycles. The van der Waals surface area contributed by atoms with Gasteiger partial charge in [0.25, 0.3) is 5.91 Å². The van der Waals surface area contributed by atoms with Gasteiger partial charge < -0.3 is 9.64 Å². The first-order valence-corrected chi connectivity index (χ1v) is 11.2. The predicted octanol–water partition coefficient (Wildman–Crippen LogP) is 3.10. The molecule has 1 aliphatic heterocycles. The number of ether oxygens (including phenoxy) is 1. The van der Waals surface area contributed by atoms with E-state index < -0.39 is 29.7 Å². The van der Waals surface area contributed by atoms with Crippen LogP contribution in [0.2, 0.25) is 5.02 Å². The van der Waals surface area contributed by atoms with Crippen molar-refractivity contribution in [2.45, 2.75) is 31.7 Å². The van der Waals surface area contributed by atoms with E-state index in [0.717, 1.165) is 17.4 Å². The van der Waals surface area contributed by atoms with E-state index in [-0.39, 0.29) is 40.2 Å². The average Bonchev–Trinajstić information content (AvgIpc) is 3.39. The molecular weight excluding hydrogens is 461 g/mol. The fraction of sp³-hybridized carbons (Fsp3) is 0.381. The number of nitrogens with one attached hydrogen (secondary N) is 1. The van der Waals surface area contributed by atoms with Crippen LogP contribution in [0.3, 0.4) is 0 Å². The van der Waals surface area contributed by atoms with Crippen LogP contribution in [0.15, 0.2) is 18.2 Å². The van der Waals surface area contributed by atoms with Gasteiger partial charge in [0, 0.05) is 19.4 Å². The summed E-state index contributed by atoms with van der Waals surface area (Å²) in [7, 11) is 1.28. The SMILES string of the molecule is COC(=O)[C@@H]1CCCN1C(=O)[C@H]1CC(=O)c2sc(NC(=O)c3c(F)cccc3Cl)nc2C1. The fourth-order valence-electron chi connectivity index (χ4n) is 4.08. The molecule has 8 nitrogen and oxygen atoms in total.